The summed E-state index contributed by atoms with van der Waals surface area (Å²) in [5.74, 6) is 0.0433. The van der Waals surface area contributed by atoms with Gasteiger partial charge in [-0.2, -0.15) is 0 Å². The fraction of sp³-hybridized carbons (Fsp3) is 0.278. The highest BCUT2D eigenvalue weighted by Crippen LogP contribution is 2.27. The number of carbonyl (C=O) groups excluding carboxylic acids is 1. The highest BCUT2D eigenvalue weighted by Gasteiger charge is 2.29. The lowest BCUT2D eigenvalue weighted by molar-refractivity contribution is -0.120. The highest BCUT2D eigenvalue weighted by molar-refractivity contribution is 6.00. The Bertz CT molecular complexity index is 624. The third-order valence-corrected chi connectivity index (χ3v) is 4.00. The lowest BCUT2D eigenvalue weighted by Crippen LogP contribution is -2.49. The number of nitrogens with zero attached hydrogens (tertiary/aromatic N) is 1. The summed E-state index contributed by atoms with van der Waals surface area (Å²) in [4.78, 5) is 14.2. The number of para-hydroxylation sites is 1. The number of hydrogen-bond donors (Lipinski definition) is 1. The van der Waals surface area contributed by atoms with Crippen LogP contribution in [0.2, 0.25) is 0 Å². The van der Waals surface area contributed by atoms with E-state index in [4.69, 9.17) is 5.73 Å². The van der Waals surface area contributed by atoms with E-state index in [1.807, 2.05) is 41.3 Å². The molecule has 1 aliphatic rings. The van der Waals surface area contributed by atoms with Gasteiger partial charge in [0.25, 0.3) is 0 Å². The van der Waals surface area contributed by atoms with Crippen LogP contribution in [0.1, 0.15) is 17.5 Å². The summed E-state index contributed by atoms with van der Waals surface area (Å²) in [7, 11) is 0. The van der Waals surface area contributed by atoms with Gasteiger partial charge in [-0.15, -0.1) is 0 Å². The van der Waals surface area contributed by atoms with E-state index in [0.717, 1.165) is 25.1 Å². The molecule has 3 nitrogen and oxygen atoms in total. The van der Waals surface area contributed by atoms with Gasteiger partial charge in [-0.3, -0.25) is 4.79 Å². The Hall–Kier alpha value is -2.13. The van der Waals surface area contributed by atoms with Gasteiger partial charge in [-0.05, 0) is 36.5 Å². The van der Waals surface area contributed by atoms with Crippen molar-refractivity contribution in [3.05, 3.63) is 65.7 Å². The van der Waals surface area contributed by atoms with Gasteiger partial charge in [0.2, 0.25) is 5.91 Å². The molecule has 1 unspecified atom stereocenters. The van der Waals surface area contributed by atoms with E-state index in [9.17, 15) is 4.79 Å². The summed E-state index contributed by atoms with van der Waals surface area (Å²) in [6.45, 7) is 0.721. The molecule has 1 amide bonds. The molecule has 108 valence electrons. The Morgan fingerprint density at radius 3 is 2.57 bits per heavy atom. The predicted octanol–water partition coefficient (Wildman–Crippen LogP) is 2.54. The SMILES string of the molecule is NC1Cc2ccccc2N(CCCc2ccccc2)C1=O. The largest absolute Gasteiger partial charge is 0.320 e. The van der Waals surface area contributed by atoms with Crippen molar-refractivity contribution in [2.75, 3.05) is 11.4 Å². The standard InChI is InChI=1S/C18H20N2O/c19-16-13-15-10-4-5-11-17(15)20(18(16)21)12-6-9-14-7-2-1-3-8-14/h1-5,7-8,10-11,16H,6,9,12-13,19H2. The maximum Gasteiger partial charge on any atom is 0.244 e. The van der Waals surface area contributed by atoms with E-state index in [2.05, 4.69) is 18.2 Å². The summed E-state index contributed by atoms with van der Waals surface area (Å²) >= 11 is 0. The van der Waals surface area contributed by atoms with Crippen molar-refractivity contribution >= 4 is 11.6 Å². The molecule has 1 heterocycles. The van der Waals surface area contributed by atoms with E-state index in [0.29, 0.717) is 6.42 Å². The Morgan fingerprint density at radius 1 is 1.05 bits per heavy atom. The van der Waals surface area contributed by atoms with Gasteiger partial charge in [-0.1, -0.05) is 48.5 Å². The monoisotopic (exact) mass is 280 g/mol. The van der Waals surface area contributed by atoms with Gasteiger partial charge >= 0.3 is 0 Å². The zero-order valence-corrected chi connectivity index (χ0v) is 12.0. The van der Waals surface area contributed by atoms with E-state index in [1.54, 1.807) is 0 Å². The van der Waals surface area contributed by atoms with Crippen LogP contribution in [-0.4, -0.2) is 18.5 Å². The van der Waals surface area contributed by atoms with Crippen molar-refractivity contribution in [1.29, 1.82) is 0 Å². The molecule has 3 heteroatoms. The summed E-state index contributed by atoms with van der Waals surface area (Å²) in [6, 6.07) is 18.0. The fourth-order valence-electron chi connectivity index (χ4n) is 2.91. The normalized spacial score (nSPS) is 17.7. The third-order valence-electron chi connectivity index (χ3n) is 4.00. The molecule has 3 rings (SSSR count). The van der Waals surface area contributed by atoms with E-state index < -0.39 is 6.04 Å². The van der Waals surface area contributed by atoms with Crippen LogP contribution in [-0.2, 0) is 17.6 Å². The van der Waals surface area contributed by atoms with Crippen LogP contribution < -0.4 is 10.6 Å². The molecule has 0 aromatic heterocycles. The average molecular weight is 280 g/mol. The van der Waals surface area contributed by atoms with Crippen LogP contribution in [0.5, 0.6) is 0 Å². The molecule has 0 saturated heterocycles. The smallest absolute Gasteiger partial charge is 0.244 e. The molecule has 2 aromatic carbocycles. The first-order chi connectivity index (χ1) is 10.3. The van der Waals surface area contributed by atoms with Crippen molar-refractivity contribution in [2.24, 2.45) is 5.73 Å². The van der Waals surface area contributed by atoms with Crippen LogP contribution in [0, 0.1) is 0 Å². The maximum atomic E-state index is 12.3. The Balaban J connectivity index is 1.70. The quantitative estimate of drug-likeness (QED) is 0.935. The van der Waals surface area contributed by atoms with E-state index in [-0.39, 0.29) is 5.91 Å². The van der Waals surface area contributed by atoms with Gasteiger partial charge in [0.1, 0.15) is 0 Å². The minimum absolute atomic E-state index is 0.0433. The van der Waals surface area contributed by atoms with E-state index in [1.165, 1.54) is 11.1 Å². The number of benzene rings is 2. The molecule has 2 aromatic rings. The molecule has 0 aliphatic carbocycles. The number of amides is 1. The van der Waals surface area contributed by atoms with Crippen LogP contribution in [0.25, 0.3) is 0 Å². The minimum atomic E-state index is -0.406. The number of rotatable bonds is 4. The second kappa shape index (κ2) is 6.10. The highest BCUT2D eigenvalue weighted by atomic mass is 16.2. The van der Waals surface area contributed by atoms with Gasteiger partial charge < -0.3 is 10.6 Å². The molecule has 0 fully saturated rings. The number of fused-ring (bicyclic) bond motifs is 1. The number of hydrogen-bond acceptors (Lipinski definition) is 2. The number of aryl methyl sites for hydroxylation is 1. The van der Waals surface area contributed by atoms with Crippen molar-refractivity contribution in [3.63, 3.8) is 0 Å². The molecule has 0 saturated carbocycles. The molecule has 1 aliphatic heterocycles. The van der Waals surface area contributed by atoms with Crippen molar-refractivity contribution in [3.8, 4) is 0 Å². The van der Waals surface area contributed by atoms with Gasteiger partial charge in [0.05, 0.1) is 6.04 Å². The predicted molar refractivity (Wildman–Crippen MR) is 85.2 cm³/mol. The van der Waals surface area contributed by atoms with Gasteiger partial charge in [0, 0.05) is 12.2 Å². The Kier molecular flexibility index (Phi) is 4.02. The maximum absolute atomic E-state index is 12.3. The van der Waals surface area contributed by atoms with Crippen LogP contribution >= 0.6 is 0 Å². The van der Waals surface area contributed by atoms with Gasteiger partial charge in [0.15, 0.2) is 0 Å². The minimum Gasteiger partial charge on any atom is -0.320 e. The zero-order valence-electron chi connectivity index (χ0n) is 12.0. The second-order valence-corrected chi connectivity index (χ2v) is 5.52. The molecule has 21 heavy (non-hydrogen) atoms. The Labute approximate surface area is 125 Å². The van der Waals surface area contributed by atoms with Gasteiger partial charge in [-0.25, -0.2) is 0 Å². The fourth-order valence-corrected chi connectivity index (χ4v) is 2.91. The number of carbonyl (C=O) groups is 1. The van der Waals surface area contributed by atoms with Crippen molar-refractivity contribution in [2.45, 2.75) is 25.3 Å². The molecule has 0 spiro atoms. The van der Waals surface area contributed by atoms with Crippen LogP contribution in [0.4, 0.5) is 5.69 Å². The summed E-state index contributed by atoms with van der Waals surface area (Å²) in [5.41, 5.74) is 9.48. The zero-order chi connectivity index (χ0) is 14.7. The van der Waals surface area contributed by atoms with Crippen molar-refractivity contribution in [1.82, 2.24) is 0 Å². The molecule has 0 radical (unpaired) electrons. The molecular formula is C18H20N2O. The average Bonchev–Trinajstić information content (AvgIpc) is 2.52. The van der Waals surface area contributed by atoms with Crippen LogP contribution in [0.3, 0.4) is 0 Å². The second-order valence-electron chi connectivity index (χ2n) is 5.52. The van der Waals surface area contributed by atoms with E-state index >= 15 is 0 Å². The first-order valence-electron chi connectivity index (χ1n) is 7.44. The molecule has 1 atom stereocenters. The molecular weight excluding hydrogens is 260 g/mol. The summed E-state index contributed by atoms with van der Waals surface area (Å²) in [6.07, 6.45) is 2.56. The number of nitrogens with two attached hydrogens (primary N) is 1. The molecule has 2 N–H and O–H groups in total. The van der Waals surface area contributed by atoms with Crippen LogP contribution in [0.15, 0.2) is 54.6 Å². The number of anilines is 1. The third kappa shape index (κ3) is 2.98. The lowest BCUT2D eigenvalue weighted by Gasteiger charge is -2.32. The first-order valence-corrected chi connectivity index (χ1v) is 7.44. The topological polar surface area (TPSA) is 46.3 Å². The Morgan fingerprint density at radius 2 is 1.76 bits per heavy atom. The lowest BCUT2D eigenvalue weighted by atomic mass is 9.97. The summed E-state index contributed by atoms with van der Waals surface area (Å²) in [5, 5.41) is 0. The van der Waals surface area contributed by atoms with Crippen molar-refractivity contribution < 1.29 is 4.79 Å². The molecule has 0 bridgehead atoms. The first kappa shape index (κ1) is 13.8. The summed E-state index contributed by atoms with van der Waals surface area (Å²) < 4.78 is 0.